The summed E-state index contributed by atoms with van der Waals surface area (Å²) in [5.74, 6) is 0. The zero-order valence-corrected chi connectivity index (χ0v) is 1.95. The standard InChI is InChI=1S/CH3N2O/c2-1-3-4/h4H,(H2,2,3). The van der Waals surface area contributed by atoms with Gasteiger partial charge < -0.3 is 0 Å². The molecule has 0 bridgehead atoms. The number of hydrogen-bond donors (Lipinski definition) is 3. The molecule has 0 amide bonds. The normalized spacial score (nSPS) is 5.25. The zero-order chi connectivity index (χ0) is 3.41. The van der Waals surface area contributed by atoms with Crippen molar-refractivity contribution in [1.82, 2.24) is 5.48 Å². The maximum Gasteiger partial charge on any atom is 0.187 e. The molecule has 0 aromatic carbocycles. The monoisotopic (exact) mass is 59.0 g/mol. The van der Waals surface area contributed by atoms with Crippen molar-refractivity contribution < 1.29 is 5.21 Å². The van der Waals surface area contributed by atoms with Crippen LogP contribution in [-0.4, -0.2) is 11.5 Å². The Morgan fingerprint density at radius 3 is 2.25 bits per heavy atom. The summed E-state index contributed by atoms with van der Waals surface area (Å²) in [7, 11) is 0. The van der Waals surface area contributed by atoms with E-state index in [0.29, 0.717) is 0 Å². The average Bonchev–Trinajstić information content (AvgIpc) is 1.37. The Balaban J connectivity index is 2.30. The maximum absolute atomic E-state index is 7.33. The van der Waals surface area contributed by atoms with E-state index in [2.05, 4.69) is 0 Å². The van der Waals surface area contributed by atoms with E-state index in [-0.39, 0.29) is 0 Å². The van der Waals surface area contributed by atoms with Crippen molar-refractivity contribution >= 4 is 6.34 Å². The largest absolute Gasteiger partial charge is 0.290 e. The first-order valence-corrected chi connectivity index (χ1v) is 0.724. The Morgan fingerprint density at radius 2 is 2.25 bits per heavy atom. The Hall–Kier alpha value is -0.570. The molecular weight excluding hydrogens is 56.0 g/mol. The highest BCUT2D eigenvalue weighted by Crippen LogP contribution is 1.11. The second-order valence-corrected chi connectivity index (χ2v) is 0.237. The lowest BCUT2D eigenvalue weighted by Gasteiger charge is -1.66. The fraction of sp³-hybridized carbons (Fsp3) is 0. The summed E-state index contributed by atoms with van der Waals surface area (Å²) in [5.41, 5.74) is 1.35. The highest BCUT2D eigenvalue weighted by atomic mass is 16.5. The Morgan fingerprint density at radius 1 is 2.00 bits per heavy atom. The van der Waals surface area contributed by atoms with E-state index >= 15 is 0 Å². The van der Waals surface area contributed by atoms with Crippen LogP contribution in [0.2, 0.25) is 0 Å². The molecular formula is CH3N2O. The van der Waals surface area contributed by atoms with E-state index in [1.165, 1.54) is 11.8 Å². The predicted octanol–water partition coefficient (Wildman–Crippen LogP) is -0.551. The maximum atomic E-state index is 7.33. The van der Waals surface area contributed by atoms with Gasteiger partial charge in [0.15, 0.2) is 6.34 Å². The van der Waals surface area contributed by atoms with Crippen LogP contribution in [0.15, 0.2) is 0 Å². The van der Waals surface area contributed by atoms with Gasteiger partial charge in [-0.15, -0.1) is 0 Å². The molecule has 0 unspecified atom stereocenters. The first kappa shape index (κ1) is 3.43. The minimum absolute atomic E-state index is 1.35. The molecule has 23 valence electrons. The van der Waals surface area contributed by atoms with Crippen LogP contribution in [0.3, 0.4) is 0 Å². The topological polar surface area (TPSA) is 56.1 Å². The molecule has 4 heavy (non-hydrogen) atoms. The van der Waals surface area contributed by atoms with Gasteiger partial charge in [-0.3, -0.25) is 10.6 Å². The second-order valence-electron chi connectivity index (χ2n) is 0.237. The molecule has 0 rings (SSSR count). The van der Waals surface area contributed by atoms with E-state index in [9.17, 15) is 0 Å². The fourth-order valence-electron chi connectivity index (χ4n) is 0. The summed E-state index contributed by atoms with van der Waals surface area (Å²) in [6.07, 6.45) is 1.49. The van der Waals surface area contributed by atoms with Crippen LogP contribution in [0.5, 0.6) is 0 Å². The molecule has 0 atom stereocenters. The van der Waals surface area contributed by atoms with Crippen LogP contribution >= 0.6 is 0 Å². The van der Waals surface area contributed by atoms with Gasteiger partial charge in [-0.1, -0.05) is 0 Å². The lowest BCUT2D eigenvalue weighted by Crippen LogP contribution is -1.98. The third kappa shape index (κ3) is 1.43. The minimum Gasteiger partial charge on any atom is -0.290 e. The van der Waals surface area contributed by atoms with Gasteiger partial charge in [0, 0.05) is 0 Å². The molecule has 0 aliphatic heterocycles. The van der Waals surface area contributed by atoms with Crippen LogP contribution in [-0.2, 0) is 0 Å². The second kappa shape index (κ2) is 2.43. The third-order valence-electron chi connectivity index (χ3n) is 0.0559. The fourth-order valence-corrected chi connectivity index (χ4v) is 0. The van der Waals surface area contributed by atoms with Crippen molar-refractivity contribution in [2.24, 2.45) is 0 Å². The molecule has 0 aliphatic carbocycles. The van der Waals surface area contributed by atoms with Gasteiger partial charge in [-0.05, 0) is 0 Å². The van der Waals surface area contributed by atoms with Gasteiger partial charge in [0.25, 0.3) is 0 Å². The van der Waals surface area contributed by atoms with Crippen molar-refractivity contribution in [3.63, 3.8) is 0 Å². The van der Waals surface area contributed by atoms with E-state index < -0.39 is 0 Å². The summed E-state index contributed by atoms with van der Waals surface area (Å²) < 4.78 is 0. The van der Waals surface area contributed by atoms with Crippen molar-refractivity contribution in [3.05, 3.63) is 0 Å². The molecule has 0 fully saturated rings. The van der Waals surface area contributed by atoms with Crippen molar-refractivity contribution in [2.45, 2.75) is 0 Å². The van der Waals surface area contributed by atoms with Gasteiger partial charge in [0.2, 0.25) is 0 Å². The Bertz CT molecular complexity index is 20.0. The molecule has 0 saturated carbocycles. The first-order chi connectivity index (χ1) is 1.91. The molecule has 0 spiro atoms. The lowest BCUT2D eigenvalue weighted by molar-refractivity contribution is 0.239. The van der Waals surface area contributed by atoms with Crippen molar-refractivity contribution in [1.29, 1.82) is 5.41 Å². The van der Waals surface area contributed by atoms with E-state index in [1.54, 1.807) is 0 Å². The molecule has 3 heteroatoms. The van der Waals surface area contributed by atoms with E-state index in [1.807, 2.05) is 0 Å². The molecule has 3 N–H and O–H groups in total. The summed E-state index contributed by atoms with van der Waals surface area (Å²) >= 11 is 0. The number of hydroxylamine groups is 1. The lowest BCUT2D eigenvalue weighted by atomic mass is 11.4. The van der Waals surface area contributed by atoms with E-state index in [4.69, 9.17) is 10.6 Å². The molecule has 1 radical (unpaired) electrons. The van der Waals surface area contributed by atoms with Crippen molar-refractivity contribution in [3.8, 4) is 0 Å². The first-order valence-electron chi connectivity index (χ1n) is 0.724. The molecule has 0 aromatic heterocycles. The molecule has 0 aliphatic rings. The van der Waals surface area contributed by atoms with E-state index in [0.717, 1.165) is 0 Å². The van der Waals surface area contributed by atoms with Crippen LogP contribution in [0, 0.1) is 5.41 Å². The van der Waals surface area contributed by atoms with Crippen LogP contribution in [0.4, 0.5) is 0 Å². The summed E-state index contributed by atoms with van der Waals surface area (Å²) in [5, 5.41) is 13.2. The summed E-state index contributed by atoms with van der Waals surface area (Å²) in [6, 6.07) is 0. The van der Waals surface area contributed by atoms with Gasteiger partial charge in [-0.25, -0.2) is 5.48 Å². The number of rotatable bonds is 1. The van der Waals surface area contributed by atoms with Gasteiger partial charge in [0.1, 0.15) is 0 Å². The zero-order valence-electron chi connectivity index (χ0n) is 1.95. The highest BCUT2D eigenvalue weighted by Gasteiger charge is 1.41. The average molecular weight is 59.0 g/mol. The minimum atomic E-state index is 1.35. The van der Waals surface area contributed by atoms with Gasteiger partial charge in [0.05, 0.1) is 0 Å². The number of nitrogens with one attached hydrogen (secondary N) is 2. The Labute approximate surface area is 23.7 Å². The van der Waals surface area contributed by atoms with Gasteiger partial charge >= 0.3 is 0 Å². The summed E-state index contributed by atoms with van der Waals surface area (Å²) in [4.78, 5) is 0. The molecule has 0 heterocycles. The Kier molecular flexibility index (Phi) is 2.08. The number of hydrogen-bond acceptors (Lipinski definition) is 2. The molecule has 0 saturated heterocycles. The van der Waals surface area contributed by atoms with Crippen molar-refractivity contribution in [2.75, 3.05) is 0 Å². The van der Waals surface area contributed by atoms with Gasteiger partial charge in [-0.2, -0.15) is 0 Å². The van der Waals surface area contributed by atoms with Crippen LogP contribution in [0.25, 0.3) is 0 Å². The molecule has 3 nitrogen and oxygen atoms in total. The predicted molar refractivity (Wildman–Crippen MR) is 12.6 cm³/mol. The molecule has 0 aromatic rings. The summed E-state index contributed by atoms with van der Waals surface area (Å²) in [6.45, 7) is 0. The smallest absolute Gasteiger partial charge is 0.187 e. The quantitative estimate of drug-likeness (QED) is 0.164. The SMILES string of the molecule is N=[C]NO. The highest BCUT2D eigenvalue weighted by molar-refractivity contribution is 5.47. The van der Waals surface area contributed by atoms with Crippen LogP contribution in [0.1, 0.15) is 0 Å². The third-order valence-corrected chi connectivity index (χ3v) is 0.0559. The van der Waals surface area contributed by atoms with Crippen LogP contribution < -0.4 is 5.48 Å².